The van der Waals surface area contributed by atoms with Gasteiger partial charge in [0.15, 0.2) is 0 Å². The van der Waals surface area contributed by atoms with Crippen LogP contribution in [0.15, 0.2) is 30.6 Å². The van der Waals surface area contributed by atoms with Crippen molar-refractivity contribution in [2.45, 2.75) is 6.92 Å². The first-order valence-corrected chi connectivity index (χ1v) is 3.26. The molecule has 0 aliphatic heterocycles. The minimum absolute atomic E-state index is 0. The van der Waals surface area contributed by atoms with E-state index in [9.17, 15) is 0 Å². The molecule has 0 aliphatic carbocycles. The lowest BCUT2D eigenvalue weighted by atomic mass is 10.4. The maximum absolute atomic E-state index is 4.14. The van der Waals surface area contributed by atoms with E-state index in [1.807, 2.05) is 24.5 Å². The summed E-state index contributed by atoms with van der Waals surface area (Å²) >= 11 is 0. The lowest BCUT2D eigenvalue weighted by molar-refractivity contribution is 1.09. The zero-order valence-electron chi connectivity index (χ0n) is 6.19. The quantitative estimate of drug-likeness (QED) is 0.589. The SMILES string of the molecule is Cc1cccc2nccn12.Cl. The van der Waals surface area contributed by atoms with Gasteiger partial charge < -0.3 is 4.40 Å². The second-order valence-electron chi connectivity index (χ2n) is 2.32. The minimum Gasteiger partial charge on any atom is -0.304 e. The fourth-order valence-electron chi connectivity index (χ4n) is 1.09. The van der Waals surface area contributed by atoms with Crippen molar-refractivity contribution in [3.05, 3.63) is 36.3 Å². The van der Waals surface area contributed by atoms with Crippen molar-refractivity contribution in [1.29, 1.82) is 0 Å². The topological polar surface area (TPSA) is 17.3 Å². The van der Waals surface area contributed by atoms with E-state index < -0.39 is 0 Å². The molecule has 2 aromatic heterocycles. The third kappa shape index (κ3) is 1.21. The van der Waals surface area contributed by atoms with Crippen LogP contribution in [-0.4, -0.2) is 9.38 Å². The van der Waals surface area contributed by atoms with Crippen molar-refractivity contribution in [3.63, 3.8) is 0 Å². The molecule has 0 bridgehead atoms. The van der Waals surface area contributed by atoms with E-state index in [-0.39, 0.29) is 12.4 Å². The summed E-state index contributed by atoms with van der Waals surface area (Å²) in [5.74, 6) is 0. The summed E-state index contributed by atoms with van der Waals surface area (Å²) in [5.41, 5.74) is 2.23. The Hall–Kier alpha value is -1.02. The number of fused-ring (bicyclic) bond motifs is 1. The first-order valence-electron chi connectivity index (χ1n) is 3.26. The number of imidazole rings is 1. The molecule has 0 unspecified atom stereocenters. The monoisotopic (exact) mass is 168 g/mol. The van der Waals surface area contributed by atoms with Crippen LogP contribution in [-0.2, 0) is 0 Å². The van der Waals surface area contributed by atoms with Gasteiger partial charge in [-0.3, -0.25) is 0 Å². The summed E-state index contributed by atoms with van der Waals surface area (Å²) in [6, 6.07) is 6.07. The molecule has 2 nitrogen and oxygen atoms in total. The van der Waals surface area contributed by atoms with Crippen LogP contribution in [0.4, 0.5) is 0 Å². The van der Waals surface area contributed by atoms with E-state index in [1.54, 1.807) is 0 Å². The van der Waals surface area contributed by atoms with E-state index >= 15 is 0 Å². The Morgan fingerprint density at radius 2 is 2.18 bits per heavy atom. The van der Waals surface area contributed by atoms with E-state index in [2.05, 4.69) is 22.4 Å². The summed E-state index contributed by atoms with van der Waals surface area (Å²) in [6.07, 6.45) is 3.77. The minimum atomic E-state index is 0. The van der Waals surface area contributed by atoms with Crippen molar-refractivity contribution in [1.82, 2.24) is 9.38 Å². The van der Waals surface area contributed by atoms with Gasteiger partial charge in [0.1, 0.15) is 5.65 Å². The number of hydrogen-bond donors (Lipinski definition) is 0. The van der Waals surface area contributed by atoms with Gasteiger partial charge in [0.05, 0.1) is 0 Å². The van der Waals surface area contributed by atoms with Crippen LogP contribution >= 0.6 is 12.4 Å². The highest BCUT2D eigenvalue weighted by Crippen LogP contribution is 2.02. The zero-order valence-corrected chi connectivity index (χ0v) is 7.01. The van der Waals surface area contributed by atoms with Crippen molar-refractivity contribution in [3.8, 4) is 0 Å². The number of hydrogen-bond acceptors (Lipinski definition) is 1. The van der Waals surface area contributed by atoms with Crippen LogP contribution in [0, 0.1) is 6.92 Å². The lowest BCUT2D eigenvalue weighted by Crippen LogP contribution is -1.86. The standard InChI is InChI=1S/C8H8N2.ClH/c1-7-3-2-4-8-9-5-6-10(7)8;/h2-6H,1H3;1H. The number of pyridine rings is 1. The Labute approximate surface area is 71.3 Å². The third-order valence-electron chi connectivity index (χ3n) is 1.63. The maximum atomic E-state index is 4.14. The van der Waals surface area contributed by atoms with Gasteiger partial charge in [0.25, 0.3) is 0 Å². The molecule has 0 N–H and O–H groups in total. The molecular weight excluding hydrogens is 160 g/mol. The molecule has 2 aromatic rings. The van der Waals surface area contributed by atoms with Crippen LogP contribution in [0.2, 0.25) is 0 Å². The van der Waals surface area contributed by atoms with Crippen LogP contribution in [0.1, 0.15) is 5.69 Å². The molecule has 2 rings (SSSR count). The van der Waals surface area contributed by atoms with E-state index in [1.165, 1.54) is 5.69 Å². The van der Waals surface area contributed by atoms with Crippen molar-refractivity contribution in [2.75, 3.05) is 0 Å². The molecule has 0 atom stereocenters. The Kier molecular flexibility index (Phi) is 2.15. The van der Waals surface area contributed by atoms with Crippen molar-refractivity contribution >= 4 is 18.1 Å². The largest absolute Gasteiger partial charge is 0.304 e. The maximum Gasteiger partial charge on any atom is 0.136 e. The molecule has 0 saturated heterocycles. The Morgan fingerprint density at radius 3 is 2.91 bits per heavy atom. The van der Waals surface area contributed by atoms with Gasteiger partial charge in [-0.25, -0.2) is 4.98 Å². The van der Waals surface area contributed by atoms with E-state index in [4.69, 9.17) is 0 Å². The molecule has 58 valence electrons. The highest BCUT2D eigenvalue weighted by Gasteiger charge is 1.92. The third-order valence-corrected chi connectivity index (χ3v) is 1.63. The number of rotatable bonds is 0. The molecule has 0 amide bonds. The van der Waals surface area contributed by atoms with Crippen LogP contribution in [0.3, 0.4) is 0 Å². The average Bonchev–Trinajstić information content (AvgIpc) is 2.36. The molecule has 3 heteroatoms. The van der Waals surface area contributed by atoms with E-state index in [0.717, 1.165) is 5.65 Å². The van der Waals surface area contributed by atoms with Crippen LogP contribution < -0.4 is 0 Å². The smallest absolute Gasteiger partial charge is 0.136 e. The number of aromatic nitrogens is 2. The van der Waals surface area contributed by atoms with Gasteiger partial charge in [-0.1, -0.05) is 6.07 Å². The second kappa shape index (κ2) is 2.93. The van der Waals surface area contributed by atoms with Gasteiger partial charge in [-0.2, -0.15) is 0 Å². The predicted molar refractivity (Wildman–Crippen MR) is 47.2 cm³/mol. The van der Waals surface area contributed by atoms with Crippen LogP contribution in [0.5, 0.6) is 0 Å². The molecular formula is C8H9ClN2. The molecule has 0 saturated carbocycles. The molecule has 0 aromatic carbocycles. The first kappa shape index (κ1) is 8.08. The lowest BCUT2D eigenvalue weighted by Gasteiger charge is -1.95. The van der Waals surface area contributed by atoms with Crippen molar-refractivity contribution < 1.29 is 0 Å². The number of aryl methyl sites for hydroxylation is 1. The highest BCUT2D eigenvalue weighted by molar-refractivity contribution is 5.85. The average molecular weight is 169 g/mol. The van der Waals surface area contributed by atoms with Crippen molar-refractivity contribution in [2.24, 2.45) is 0 Å². The van der Waals surface area contributed by atoms with Gasteiger partial charge in [-0.15, -0.1) is 12.4 Å². The summed E-state index contributed by atoms with van der Waals surface area (Å²) in [5, 5.41) is 0. The molecule has 2 heterocycles. The van der Waals surface area contributed by atoms with Crippen LogP contribution in [0.25, 0.3) is 5.65 Å². The number of nitrogens with zero attached hydrogens (tertiary/aromatic N) is 2. The van der Waals surface area contributed by atoms with Gasteiger partial charge in [0.2, 0.25) is 0 Å². The Bertz CT molecular complexity index is 354. The summed E-state index contributed by atoms with van der Waals surface area (Å²) in [6.45, 7) is 2.06. The molecule has 0 radical (unpaired) electrons. The second-order valence-corrected chi connectivity index (χ2v) is 2.32. The molecule has 0 fully saturated rings. The molecule has 0 aliphatic rings. The molecule has 0 spiro atoms. The first-order chi connectivity index (χ1) is 4.88. The zero-order chi connectivity index (χ0) is 6.97. The summed E-state index contributed by atoms with van der Waals surface area (Å²) < 4.78 is 2.06. The fraction of sp³-hybridized carbons (Fsp3) is 0.125. The summed E-state index contributed by atoms with van der Waals surface area (Å²) in [7, 11) is 0. The predicted octanol–water partition coefficient (Wildman–Crippen LogP) is 2.06. The summed E-state index contributed by atoms with van der Waals surface area (Å²) in [4.78, 5) is 4.14. The fourth-order valence-corrected chi connectivity index (χ4v) is 1.09. The molecule has 11 heavy (non-hydrogen) atoms. The Morgan fingerprint density at radius 1 is 1.36 bits per heavy atom. The Balaban J connectivity index is 0.000000605. The normalized spacial score (nSPS) is 9.55. The van der Waals surface area contributed by atoms with E-state index in [0.29, 0.717) is 0 Å². The van der Waals surface area contributed by atoms with Gasteiger partial charge in [-0.05, 0) is 19.1 Å². The highest BCUT2D eigenvalue weighted by atomic mass is 35.5. The van der Waals surface area contributed by atoms with Gasteiger partial charge in [0, 0.05) is 18.1 Å². The number of halogens is 1. The van der Waals surface area contributed by atoms with Gasteiger partial charge >= 0.3 is 0 Å².